The molecule has 0 fully saturated rings. The van der Waals surface area contributed by atoms with E-state index in [4.69, 9.17) is 0 Å². The van der Waals surface area contributed by atoms with E-state index < -0.39 is 7.96 Å². The summed E-state index contributed by atoms with van der Waals surface area (Å²) in [4.78, 5) is 2.86. The molecule has 1 aromatic heterocycles. The molecule has 1 rings (SSSR count). The predicted octanol–water partition coefficient (Wildman–Crippen LogP) is 2.85. The van der Waals surface area contributed by atoms with Crippen molar-refractivity contribution in [3.63, 3.8) is 0 Å². The van der Waals surface area contributed by atoms with E-state index in [0.29, 0.717) is 7.71 Å². The third-order valence-corrected chi connectivity index (χ3v) is 9.63. The van der Waals surface area contributed by atoms with Crippen LogP contribution in [-0.2, 0) is 7.96 Å². The van der Waals surface area contributed by atoms with Gasteiger partial charge in [-0.1, -0.05) is 0 Å². The van der Waals surface area contributed by atoms with Crippen LogP contribution in [0.2, 0.25) is 0 Å². The minimum Gasteiger partial charge on any atom is -0.354 e. The standard InChI is InChI=1S/C5H4Br3NOS/c6-5(7)11(8,10)4-2-1-3-9-4/h1-3,9H. The first-order valence-corrected chi connectivity index (χ1v) is 7.59. The summed E-state index contributed by atoms with van der Waals surface area (Å²) in [6.07, 6.45) is 1.72. The first-order valence-electron chi connectivity index (χ1n) is 2.60. The fourth-order valence-electron chi connectivity index (χ4n) is 0.560. The smallest absolute Gasteiger partial charge is 0.129 e. The summed E-state index contributed by atoms with van der Waals surface area (Å²) >= 11 is 9.32. The Morgan fingerprint density at radius 2 is 2.18 bits per heavy atom. The van der Waals surface area contributed by atoms with Gasteiger partial charge in [-0.05, 0) is 44.0 Å². The van der Waals surface area contributed by atoms with Crippen molar-refractivity contribution in [2.45, 2.75) is 5.03 Å². The maximum atomic E-state index is 11.7. The highest BCUT2D eigenvalue weighted by Crippen LogP contribution is 2.22. The Balaban J connectivity index is 3.34. The summed E-state index contributed by atoms with van der Waals surface area (Å²) in [7, 11) is -2.28. The molecule has 0 aliphatic rings. The lowest BCUT2D eigenvalue weighted by atomic mass is 10.7. The number of hydrogen-bond donors (Lipinski definition) is 1. The first kappa shape index (κ1) is 9.83. The molecule has 1 atom stereocenters. The second-order valence-electron chi connectivity index (χ2n) is 1.75. The van der Waals surface area contributed by atoms with E-state index in [9.17, 15) is 4.21 Å². The van der Waals surface area contributed by atoms with Gasteiger partial charge in [0.05, 0.1) is 7.96 Å². The van der Waals surface area contributed by atoms with Gasteiger partial charge in [-0.2, -0.15) is 0 Å². The molecule has 0 radical (unpaired) electrons. The SMILES string of the molecule is O=S(Br)(=C(Br)Br)c1ccc[nH]1. The van der Waals surface area contributed by atoms with Crippen LogP contribution in [0.4, 0.5) is 0 Å². The zero-order chi connectivity index (χ0) is 8.48. The van der Waals surface area contributed by atoms with E-state index >= 15 is 0 Å². The van der Waals surface area contributed by atoms with Crippen LogP contribution in [0.15, 0.2) is 23.4 Å². The summed E-state index contributed by atoms with van der Waals surface area (Å²) in [5.41, 5.74) is 0. The molecule has 0 saturated carbocycles. The van der Waals surface area contributed by atoms with Gasteiger partial charge in [0.2, 0.25) is 0 Å². The molecule has 0 amide bonds. The van der Waals surface area contributed by atoms with E-state index in [1.165, 1.54) is 0 Å². The van der Waals surface area contributed by atoms with Crippen molar-refractivity contribution in [2.24, 2.45) is 0 Å². The third-order valence-electron chi connectivity index (χ3n) is 1.05. The normalized spacial score (nSPS) is 15.9. The lowest BCUT2D eigenvalue weighted by Crippen LogP contribution is -1.95. The number of hydrogen-bond acceptors (Lipinski definition) is 1. The molecule has 1 unspecified atom stereocenters. The van der Waals surface area contributed by atoms with Crippen LogP contribution < -0.4 is 0 Å². The van der Waals surface area contributed by atoms with Gasteiger partial charge in [0.1, 0.15) is 7.71 Å². The van der Waals surface area contributed by atoms with Crippen molar-refractivity contribution >= 4 is 57.3 Å². The number of aromatic nitrogens is 1. The molecule has 0 aromatic carbocycles. The van der Waals surface area contributed by atoms with Crippen LogP contribution in [0.25, 0.3) is 0 Å². The van der Waals surface area contributed by atoms with Gasteiger partial charge in [0.15, 0.2) is 0 Å². The van der Waals surface area contributed by atoms with Crippen LogP contribution in [0.3, 0.4) is 0 Å². The van der Waals surface area contributed by atoms with Crippen molar-refractivity contribution in [1.29, 1.82) is 0 Å². The number of rotatable bonds is 1. The maximum absolute atomic E-state index is 11.7. The zero-order valence-corrected chi connectivity index (χ0v) is 10.8. The fourth-order valence-corrected chi connectivity index (χ4v) is 2.85. The summed E-state index contributed by atoms with van der Waals surface area (Å²) in [6, 6.07) is 3.54. The van der Waals surface area contributed by atoms with Gasteiger partial charge in [0, 0.05) is 21.0 Å². The Labute approximate surface area is 89.2 Å². The van der Waals surface area contributed by atoms with Crippen LogP contribution in [-0.4, -0.2) is 11.9 Å². The van der Waals surface area contributed by atoms with Crippen molar-refractivity contribution in [1.82, 2.24) is 4.98 Å². The number of H-pyrrole nitrogens is 1. The lowest BCUT2D eigenvalue weighted by Gasteiger charge is -1.98. The minimum absolute atomic E-state index is 0.500. The van der Waals surface area contributed by atoms with Crippen molar-refractivity contribution < 1.29 is 4.21 Å². The summed E-state index contributed by atoms with van der Waals surface area (Å²) in [6.45, 7) is 0. The summed E-state index contributed by atoms with van der Waals surface area (Å²) in [5.74, 6) is 0. The Morgan fingerprint density at radius 3 is 2.55 bits per heavy atom. The van der Waals surface area contributed by atoms with Crippen molar-refractivity contribution in [3.05, 3.63) is 18.3 Å². The quantitative estimate of drug-likeness (QED) is 0.602. The Morgan fingerprint density at radius 1 is 1.55 bits per heavy atom. The number of aromatic amines is 1. The predicted molar refractivity (Wildman–Crippen MR) is 59.0 cm³/mol. The van der Waals surface area contributed by atoms with E-state index in [2.05, 4.69) is 51.7 Å². The molecule has 0 bridgehead atoms. The van der Waals surface area contributed by atoms with Crippen molar-refractivity contribution in [2.75, 3.05) is 0 Å². The van der Waals surface area contributed by atoms with Crippen molar-refractivity contribution in [3.8, 4) is 0 Å². The fraction of sp³-hybridized carbons (Fsp3) is 0. The van der Waals surface area contributed by atoms with E-state index in [1.54, 1.807) is 18.3 Å². The topological polar surface area (TPSA) is 32.9 Å². The Bertz CT molecular complexity index is 346. The Kier molecular flexibility index (Phi) is 3.25. The van der Waals surface area contributed by atoms with Gasteiger partial charge < -0.3 is 4.98 Å². The second-order valence-corrected chi connectivity index (χ2v) is 10.0. The monoisotopic (exact) mass is 363 g/mol. The number of halogens is 3. The molecule has 62 valence electrons. The Hall–Kier alpha value is 0.740. The molecule has 0 spiro atoms. The largest absolute Gasteiger partial charge is 0.354 e. The van der Waals surface area contributed by atoms with Crippen LogP contribution in [0.1, 0.15) is 0 Å². The molecule has 0 aliphatic heterocycles. The van der Waals surface area contributed by atoms with E-state index in [0.717, 1.165) is 0 Å². The maximum Gasteiger partial charge on any atom is 0.129 e. The highest BCUT2D eigenvalue weighted by molar-refractivity contribution is 9.55. The van der Waals surface area contributed by atoms with E-state index in [1.807, 2.05) is 0 Å². The van der Waals surface area contributed by atoms with Gasteiger partial charge in [-0.25, -0.2) is 4.21 Å². The van der Waals surface area contributed by atoms with Gasteiger partial charge >= 0.3 is 0 Å². The van der Waals surface area contributed by atoms with Gasteiger partial charge in [0.25, 0.3) is 0 Å². The van der Waals surface area contributed by atoms with E-state index in [-0.39, 0.29) is 0 Å². The van der Waals surface area contributed by atoms with Gasteiger partial charge in [-0.3, -0.25) is 0 Å². The molecule has 0 saturated heterocycles. The molecule has 1 heterocycles. The van der Waals surface area contributed by atoms with Gasteiger partial charge in [-0.15, -0.1) is 0 Å². The number of nitrogens with one attached hydrogen (secondary N) is 1. The summed E-state index contributed by atoms with van der Waals surface area (Å²) in [5, 5.41) is 0.640. The minimum atomic E-state index is -2.28. The summed E-state index contributed by atoms with van der Waals surface area (Å²) < 4.78 is 12.2. The second kappa shape index (κ2) is 3.64. The van der Waals surface area contributed by atoms with Crippen LogP contribution in [0.5, 0.6) is 0 Å². The molecule has 11 heavy (non-hydrogen) atoms. The molecule has 1 aromatic rings. The zero-order valence-electron chi connectivity index (χ0n) is 5.18. The average Bonchev–Trinajstić information content (AvgIpc) is 2.37. The van der Waals surface area contributed by atoms with Crippen LogP contribution in [0, 0.1) is 0 Å². The molecule has 6 heteroatoms. The highest BCUT2D eigenvalue weighted by Gasteiger charge is 2.10. The molecule has 2 nitrogen and oxygen atoms in total. The highest BCUT2D eigenvalue weighted by atomic mass is 79.9. The third kappa shape index (κ3) is 2.11. The molecule has 0 aliphatic carbocycles. The first-order chi connectivity index (χ1) is 5.05. The molecular weight excluding hydrogens is 362 g/mol. The molecular formula is C5H4Br3NOS. The average molecular weight is 366 g/mol. The molecule has 1 N–H and O–H groups in total. The lowest BCUT2D eigenvalue weighted by molar-refractivity contribution is 0.688. The van der Waals surface area contributed by atoms with Crippen LogP contribution >= 0.6 is 46.7 Å².